The fourth-order valence-electron chi connectivity index (χ4n) is 2.46. The normalized spacial score (nSPS) is 11.0. The Morgan fingerprint density at radius 3 is 2.76 bits per heavy atom. The maximum atomic E-state index is 12.7. The number of halogens is 1. The van der Waals surface area contributed by atoms with E-state index in [1.54, 1.807) is 16.7 Å². The molecule has 5 heteroatoms. The quantitative estimate of drug-likeness (QED) is 0.728. The monoisotopic (exact) mass is 299 g/mol. The second-order valence-electron chi connectivity index (χ2n) is 4.81. The third kappa shape index (κ3) is 2.32. The van der Waals surface area contributed by atoms with E-state index in [0.29, 0.717) is 22.8 Å². The Hall–Kier alpha value is -2.20. The summed E-state index contributed by atoms with van der Waals surface area (Å²) in [5.74, 6) is 0. The van der Waals surface area contributed by atoms with Gasteiger partial charge >= 0.3 is 0 Å². The first kappa shape index (κ1) is 13.8. The predicted octanol–water partition coefficient (Wildman–Crippen LogP) is 3.44. The van der Waals surface area contributed by atoms with Gasteiger partial charge in [-0.2, -0.15) is 0 Å². The van der Waals surface area contributed by atoms with E-state index < -0.39 is 0 Å². The molecule has 0 fully saturated rings. The minimum atomic E-state index is -0.0645. The highest BCUT2D eigenvalue weighted by atomic mass is 35.5. The van der Waals surface area contributed by atoms with Gasteiger partial charge in [-0.3, -0.25) is 9.36 Å². The van der Waals surface area contributed by atoms with Crippen molar-refractivity contribution in [2.75, 3.05) is 0 Å². The maximum absolute atomic E-state index is 12.7. The van der Waals surface area contributed by atoms with Gasteiger partial charge in [0, 0.05) is 22.5 Å². The van der Waals surface area contributed by atoms with Crippen LogP contribution in [0.4, 0.5) is 0 Å². The summed E-state index contributed by atoms with van der Waals surface area (Å²) in [6.45, 7) is 4.40. The van der Waals surface area contributed by atoms with E-state index in [9.17, 15) is 4.79 Å². The highest BCUT2D eigenvalue weighted by molar-refractivity contribution is 6.30. The van der Waals surface area contributed by atoms with E-state index in [1.807, 2.05) is 32.0 Å². The zero-order valence-electron chi connectivity index (χ0n) is 11.8. The zero-order chi connectivity index (χ0) is 15.0. The number of fused-ring (bicyclic) bond motifs is 1. The summed E-state index contributed by atoms with van der Waals surface area (Å²) >= 11 is 6.04. The second kappa shape index (κ2) is 5.30. The van der Waals surface area contributed by atoms with Gasteiger partial charge in [0.15, 0.2) is 0 Å². The predicted molar refractivity (Wildman–Crippen MR) is 84.7 cm³/mol. The molecule has 21 heavy (non-hydrogen) atoms. The average Bonchev–Trinajstić information content (AvgIpc) is 2.47. The first-order valence-corrected chi connectivity index (χ1v) is 7.10. The lowest BCUT2D eigenvalue weighted by molar-refractivity contribution is 0.749. The molecule has 0 spiro atoms. The summed E-state index contributed by atoms with van der Waals surface area (Å²) < 4.78 is 1.67. The van der Waals surface area contributed by atoms with Crippen LogP contribution in [0.15, 0.2) is 41.5 Å². The Morgan fingerprint density at radius 2 is 2.05 bits per heavy atom. The second-order valence-corrected chi connectivity index (χ2v) is 5.25. The van der Waals surface area contributed by atoms with Gasteiger partial charge < -0.3 is 0 Å². The summed E-state index contributed by atoms with van der Waals surface area (Å²) in [7, 11) is 0. The number of hydrogen-bond donors (Lipinski definition) is 0. The molecule has 0 radical (unpaired) electrons. The SMILES string of the molecule is CCn1c(=O)c(-c2cccc(Cl)c2)cc2c(C)ncnc21. The number of aryl methyl sites for hydroxylation is 2. The first-order chi connectivity index (χ1) is 10.1. The topological polar surface area (TPSA) is 47.8 Å². The minimum absolute atomic E-state index is 0.0645. The smallest absolute Gasteiger partial charge is 0.260 e. The van der Waals surface area contributed by atoms with Crippen molar-refractivity contribution in [2.24, 2.45) is 0 Å². The summed E-state index contributed by atoms with van der Waals surface area (Å²) in [6.07, 6.45) is 1.49. The maximum Gasteiger partial charge on any atom is 0.260 e. The van der Waals surface area contributed by atoms with Crippen LogP contribution in [0.1, 0.15) is 12.6 Å². The van der Waals surface area contributed by atoms with Crippen molar-refractivity contribution in [1.29, 1.82) is 0 Å². The van der Waals surface area contributed by atoms with Gasteiger partial charge in [0.05, 0.1) is 5.69 Å². The van der Waals surface area contributed by atoms with Crippen molar-refractivity contribution in [3.05, 3.63) is 57.7 Å². The molecule has 106 valence electrons. The molecule has 0 aliphatic heterocycles. The van der Waals surface area contributed by atoms with Crippen molar-refractivity contribution in [2.45, 2.75) is 20.4 Å². The van der Waals surface area contributed by atoms with Crippen molar-refractivity contribution < 1.29 is 0 Å². The van der Waals surface area contributed by atoms with Gasteiger partial charge in [-0.1, -0.05) is 23.7 Å². The summed E-state index contributed by atoms with van der Waals surface area (Å²) in [5.41, 5.74) is 2.88. The number of aromatic nitrogens is 3. The highest BCUT2D eigenvalue weighted by Crippen LogP contribution is 2.23. The Bertz CT molecular complexity index is 886. The molecule has 1 aromatic carbocycles. The highest BCUT2D eigenvalue weighted by Gasteiger charge is 2.12. The molecular formula is C16H14ClN3O. The molecular weight excluding hydrogens is 286 g/mol. The standard InChI is InChI=1S/C16H14ClN3O/c1-3-20-15-13(10(2)18-9-19-15)8-14(16(20)21)11-5-4-6-12(17)7-11/h4-9H,3H2,1-2H3. The fourth-order valence-corrected chi connectivity index (χ4v) is 2.65. The van der Waals surface area contributed by atoms with E-state index in [0.717, 1.165) is 16.6 Å². The lowest BCUT2D eigenvalue weighted by atomic mass is 10.1. The lowest BCUT2D eigenvalue weighted by Crippen LogP contribution is -2.22. The van der Waals surface area contributed by atoms with Gasteiger partial charge in [0.1, 0.15) is 12.0 Å². The van der Waals surface area contributed by atoms with Crippen molar-refractivity contribution in [1.82, 2.24) is 14.5 Å². The number of pyridine rings is 1. The summed E-state index contributed by atoms with van der Waals surface area (Å²) in [5, 5.41) is 1.49. The Kier molecular flexibility index (Phi) is 3.47. The molecule has 0 saturated carbocycles. The molecule has 4 nitrogen and oxygen atoms in total. The van der Waals surface area contributed by atoms with Crippen molar-refractivity contribution in [3.63, 3.8) is 0 Å². The largest absolute Gasteiger partial charge is 0.292 e. The van der Waals surface area contributed by atoms with Crippen LogP contribution in [0.3, 0.4) is 0 Å². The van der Waals surface area contributed by atoms with Crippen LogP contribution >= 0.6 is 11.6 Å². The van der Waals surface area contributed by atoms with Crippen LogP contribution in [0.25, 0.3) is 22.2 Å². The Labute approximate surface area is 127 Å². The van der Waals surface area contributed by atoms with Gasteiger partial charge in [-0.15, -0.1) is 0 Å². The molecule has 0 atom stereocenters. The fraction of sp³-hybridized carbons (Fsp3) is 0.188. The average molecular weight is 300 g/mol. The molecule has 0 amide bonds. The Morgan fingerprint density at radius 1 is 1.24 bits per heavy atom. The van der Waals surface area contributed by atoms with Crippen molar-refractivity contribution in [3.8, 4) is 11.1 Å². The number of hydrogen-bond acceptors (Lipinski definition) is 3. The molecule has 3 aromatic rings. The molecule has 0 bridgehead atoms. The van der Waals surface area contributed by atoms with E-state index in [2.05, 4.69) is 9.97 Å². The van der Waals surface area contributed by atoms with Crippen LogP contribution in [0.5, 0.6) is 0 Å². The van der Waals surface area contributed by atoms with Gasteiger partial charge in [0.2, 0.25) is 0 Å². The summed E-state index contributed by atoms with van der Waals surface area (Å²) in [6, 6.07) is 9.16. The van der Waals surface area contributed by atoms with Crippen LogP contribution in [-0.4, -0.2) is 14.5 Å². The summed E-state index contributed by atoms with van der Waals surface area (Å²) in [4.78, 5) is 21.2. The molecule has 3 rings (SSSR count). The lowest BCUT2D eigenvalue weighted by Gasteiger charge is -2.11. The number of benzene rings is 1. The Balaban J connectivity index is 2.42. The van der Waals surface area contributed by atoms with Gasteiger partial charge in [-0.25, -0.2) is 9.97 Å². The van der Waals surface area contributed by atoms with Crippen LogP contribution in [0, 0.1) is 6.92 Å². The first-order valence-electron chi connectivity index (χ1n) is 6.73. The molecule has 2 heterocycles. The van der Waals surface area contributed by atoms with E-state index >= 15 is 0 Å². The zero-order valence-corrected chi connectivity index (χ0v) is 12.6. The van der Waals surface area contributed by atoms with Gasteiger partial charge in [-0.05, 0) is 37.6 Å². The molecule has 0 aliphatic carbocycles. The molecule has 2 aromatic heterocycles. The van der Waals surface area contributed by atoms with Crippen LogP contribution in [-0.2, 0) is 6.54 Å². The minimum Gasteiger partial charge on any atom is -0.292 e. The molecule has 0 aliphatic rings. The molecule has 0 unspecified atom stereocenters. The molecule has 0 saturated heterocycles. The van der Waals surface area contributed by atoms with E-state index in [1.165, 1.54) is 6.33 Å². The van der Waals surface area contributed by atoms with Crippen molar-refractivity contribution >= 4 is 22.6 Å². The van der Waals surface area contributed by atoms with E-state index in [-0.39, 0.29) is 5.56 Å². The third-order valence-corrected chi connectivity index (χ3v) is 3.77. The van der Waals surface area contributed by atoms with E-state index in [4.69, 9.17) is 11.6 Å². The van der Waals surface area contributed by atoms with Gasteiger partial charge in [0.25, 0.3) is 5.56 Å². The van der Waals surface area contributed by atoms with Crippen LogP contribution in [0.2, 0.25) is 5.02 Å². The number of nitrogens with zero attached hydrogens (tertiary/aromatic N) is 3. The molecule has 0 N–H and O–H groups in total. The third-order valence-electron chi connectivity index (χ3n) is 3.53. The van der Waals surface area contributed by atoms with Crippen LogP contribution < -0.4 is 5.56 Å². The number of rotatable bonds is 2.